The first kappa shape index (κ1) is 26.3. The number of halogens is 2. The molecule has 0 N–H and O–H groups in total. The second-order valence-corrected chi connectivity index (χ2v) is 5.33. The van der Waals surface area contributed by atoms with Gasteiger partial charge in [-0.15, -0.1) is 13.8 Å². The fourth-order valence-electron chi connectivity index (χ4n) is 2.16. The molecule has 0 aliphatic heterocycles. The van der Waals surface area contributed by atoms with Gasteiger partial charge in [0, 0.05) is 0 Å². The number of rotatable bonds is 2. The molecule has 0 bridgehead atoms. The quantitative estimate of drug-likeness (QED) is 0.369. The second-order valence-electron chi connectivity index (χ2n) is 5.33. The maximum Gasteiger partial charge on any atom is 4.00 e. The number of allylic oxidation sites excluding steroid dienone is 8. The Balaban J connectivity index is -0.000000270. The molecule has 0 aromatic carbocycles. The minimum Gasteiger partial charge on any atom is -1.00 e. The van der Waals surface area contributed by atoms with Crippen LogP contribution in [-0.2, 0) is 25.8 Å². The molecule has 2 aliphatic rings. The maximum absolute atomic E-state index is 3.35. The molecule has 0 saturated carbocycles. The SMILES string of the molecule is CCC1=[C-]C(C)=C(C)C1.CCC1=[C-]C(C)=C(C)C1.[Cl-].[Cl-].[Hf+4]. The van der Waals surface area contributed by atoms with E-state index in [0.717, 1.165) is 12.8 Å². The van der Waals surface area contributed by atoms with Crippen molar-refractivity contribution in [2.24, 2.45) is 0 Å². The average Bonchev–Trinajstić information content (AvgIpc) is 2.84. The van der Waals surface area contributed by atoms with Crippen LogP contribution in [0.1, 0.15) is 67.2 Å². The first-order valence-electron chi connectivity index (χ1n) is 7.04. The van der Waals surface area contributed by atoms with Crippen molar-refractivity contribution in [3.8, 4) is 0 Å². The summed E-state index contributed by atoms with van der Waals surface area (Å²) in [5.74, 6) is 0. The third kappa shape index (κ3) is 8.57. The summed E-state index contributed by atoms with van der Waals surface area (Å²) >= 11 is 0. The van der Waals surface area contributed by atoms with Gasteiger partial charge in [0.05, 0.1) is 0 Å². The molecule has 0 unspecified atom stereocenters. The molecule has 0 radical (unpaired) electrons. The van der Waals surface area contributed by atoms with Gasteiger partial charge >= 0.3 is 25.8 Å². The molecule has 0 aromatic heterocycles. The van der Waals surface area contributed by atoms with Crippen LogP contribution in [0.4, 0.5) is 0 Å². The van der Waals surface area contributed by atoms with Gasteiger partial charge in [-0.1, -0.05) is 53.4 Å². The largest absolute Gasteiger partial charge is 4.00 e. The van der Waals surface area contributed by atoms with Crippen molar-refractivity contribution in [1.82, 2.24) is 0 Å². The van der Waals surface area contributed by atoms with Crippen molar-refractivity contribution < 1.29 is 50.7 Å². The monoisotopic (exact) mass is 492 g/mol. The van der Waals surface area contributed by atoms with Gasteiger partial charge < -0.3 is 24.8 Å². The van der Waals surface area contributed by atoms with Crippen molar-refractivity contribution in [2.45, 2.75) is 67.2 Å². The van der Waals surface area contributed by atoms with E-state index in [1.165, 1.54) is 46.3 Å². The van der Waals surface area contributed by atoms with Gasteiger partial charge in [0.15, 0.2) is 0 Å². The predicted octanol–water partition coefficient (Wildman–Crippen LogP) is -0.262. The Labute approximate surface area is 162 Å². The summed E-state index contributed by atoms with van der Waals surface area (Å²) in [6, 6.07) is 0. The van der Waals surface area contributed by atoms with Crippen LogP contribution in [0.25, 0.3) is 0 Å². The smallest absolute Gasteiger partial charge is 1.00 e. The minimum atomic E-state index is 0. The molecule has 116 valence electrons. The molecule has 0 aromatic rings. The van der Waals surface area contributed by atoms with Gasteiger partial charge in [0.1, 0.15) is 0 Å². The zero-order chi connectivity index (χ0) is 13.7. The van der Waals surface area contributed by atoms with Crippen LogP contribution in [0.3, 0.4) is 0 Å². The van der Waals surface area contributed by atoms with Gasteiger partial charge in [0.2, 0.25) is 0 Å². The van der Waals surface area contributed by atoms with E-state index < -0.39 is 0 Å². The molecule has 0 fully saturated rings. The molecular weight excluding hydrogens is 466 g/mol. The first-order valence-corrected chi connectivity index (χ1v) is 7.04. The fraction of sp³-hybridized carbons (Fsp3) is 0.556. The third-order valence-corrected chi connectivity index (χ3v) is 3.82. The van der Waals surface area contributed by atoms with E-state index >= 15 is 0 Å². The summed E-state index contributed by atoms with van der Waals surface area (Å²) in [5.41, 5.74) is 8.62. The molecule has 0 nitrogen and oxygen atoms in total. The van der Waals surface area contributed by atoms with Gasteiger partial charge in [-0.3, -0.25) is 0 Å². The Morgan fingerprint density at radius 2 is 1.00 bits per heavy atom. The van der Waals surface area contributed by atoms with E-state index in [-0.39, 0.29) is 50.7 Å². The van der Waals surface area contributed by atoms with Crippen LogP contribution in [-0.4, -0.2) is 0 Å². The number of hydrogen-bond donors (Lipinski definition) is 0. The molecule has 2 aliphatic carbocycles. The van der Waals surface area contributed by atoms with Crippen LogP contribution in [0, 0.1) is 12.2 Å². The summed E-state index contributed by atoms with van der Waals surface area (Å²) in [6.45, 7) is 13.0. The van der Waals surface area contributed by atoms with Crippen LogP contribution in [0.5, 0.6) is 0 Å². The Bertz CT molecular complexity index is 398. The average molecular weight is 492 g/mol. The van der Waals surface area contributed by atoms with Crippen LogP contribution >= 0.6 is 0 Å². The maximum atomic E-state index is 3.35. The summed E-state index contributed by atoms with van der Waals surface area (Å²) in [7, 11) is 0. The van der Waals surface area contributed by atoms with Gasteiger partial charge in [-0.2, -0.15) is 11.1 Å². The Morgan fingerprint density at radius 3 is 1.10 bits per heavy atom. The molecule has 0 saturated heterocycles. The second kappa shape index (κ2) is 12.9. The summed E-state index contributed by atoms with van der Waals surface area (Å²) in [5, 5.41) is 0. The summed E-state index contributed by atoms with van der Waals surface area (Å²) in [6.07, 6.45) is 11.4. The minimum absolute atomic E-state index is 0. The van der Waals surface area contributed by atoms with E-state index in [2.05, 4.69) is 53.7 Å². The zero-order valence-electron chi connectivity index (χ0n) is 14.1. The molecule has 0 heterocycles. The molecule has 0 spiro atoms. The van der Waals surface area contributed by atoms with Crippen molar-refractivity contribution in [3.05, 3.63) is 45.6 Å². The summed E-state index contributed by atoms with van der Waals surface area (Å²) in [4.78, 5) is 0. The van der Waals surface area contributed by atoms with E-state index in [1.807, 2.05) is 0 Å². The van der Waals surface area contributed by atoms with Gasteiger partial charge in [0.25, 0.3) is 0 Å². The third-order valence-electron chi connectivity index (χ3n) is 3.82. The first-order chi connectivity index (χ1) is 8.47. The van der Waals surface area contributed by atoms with Crippen LogP contribution in [0.2, 0.25) is 0 Å². The van der Waals surface area contributed by atoms with Crippen molar-refractivity contribution >= 4 is 0 Å². The Kier molecular flexibility index (Phi) is 16.2. The summed E-state index contributed by atoms with van der Waals surface area (Å²) < 4.78 is 0. The van der Waals surface area contributed by atoms with E-state index in [1.54, 1.807) is 0 Å². The normalized spacial score (nSPS) is 16.1. The van der Waals surface area contributed by atoms with Crippen molar-refractivity contribution in [3.63, 3.8) is 0 Å². The van der Waals surface area contributed by atoms with E-state index in [9.17, 15) is 0 Å². The van der Waals surface area contributed by atoms with Crippen LogP contribution in [0.15, 0.2) is 33.4 Å². The molecule has 0 atom stereocenters. The van der Waals surface area contributed by atoms with Gasteiger partial charge in [-0.25, -0.2) is 34.4 Å². The van der Waals surface area contributed by atoms with E-state index in [0.29, 0.717) is 0 Å². The zero-order valence-corrected chi connectivity index (χ0v) is 19.2. The predicted molar refractivity (Wildman–Crippen MR) is 80.1 cm³/mol. The molecule has 2 rings (SSSR count). The standard InChI is InChI=1S/2C9H13.2ClH.Hf/c2*1-4-9-5-7(2)8(3)6-9;;;/h2*4-5H2,1-3H3;2*1H;/q2*-1;;;+4/p-2. The molecule has 0 amide bonds. The Hall–Kier alpha value is 0.410. The van der Waals surface area contributed by atoms with Crippen molar-refractivity contribution in [2.75, 3.05) is 0 Å². The Morgan fingerprint density at radius 1 is 0.714 bits per heavy atom. The topological polar surface area (TPSA) is 0 Å². The van der Waals surface area contributed by atoms with E-state index in [4.69, 9.17) is 0 Å². The molecular formula is C18H26Cl2Hf. The molecule has 3 heteroatoms. The fourth-order valence-corrected chi connectivity index (χ4v) is 2.16. The number of hydrogen-bond acceptors (Lipinski definition) is 0. The van der Waals surface area contributed by atoms with Gasteiger partial charge in [-0.05, 0) is 0 Å². The molecule has 21 heavy (non-hydrogen) atoms. The van der Waals surface area contributed by atoms with Crippen LogP contribution < -0.4 is 24.8 Å². The van der Waals surface area contributed by atoms with Crippen molar-refractivity contribution in [1.29, 1.82) is 0 Å².